The predicted octanol–water partition coefficient (Wildman–Crippen LogP) is 1.89. The topological polar surface area (TPSA) is 64.7 Å². The van der Waals surface area contributed by atoms with E-state index in [4.69, 9.17) is 0 Å². The van der Waals surface area contributed by atoms with Gasteiger partial charge in [-0.15, -0.1) is 12.4 Å². The third-order valence-corrected chi connectivity index (χ3v) is 4.82. The van der Waals surface area contributed by atoms with E-state index in [1.807, 2.05) is 0 Å². The number of carbonyl (C=O) groups excluding carboxylic acids is 2. The van der Waals surface area contributed by atoms with Crippen LogP contribution in [0.5, 0.6) is 0 Å². The number of alkyl halides is 3. The first-order valence-corrected chi connectivity index (χ1v) is 9.08. The summed E-state index contributed by atoms with van der Waals surface area (Å²) >= 11 is 0. The summed E-state index contributed by atoms with van der Waals surface area (Å²) in [6.07, 6.45) is -3.68. The van der Waals surface area contributed by atoms with Gasteiger partial charge in [0.25, 0.3) is 5.91 Å². The molecule has 2 N–H and O–H groups in total. The Morgan fingerprint density at radius 2 is 1.86 bits per heavy atom. The maximum Gasteiger partial charge on any atom is 0.416 e. The molecule has 0 spiro atoms. The molecule has 6 nitrogen and oxygen atoms in total. The van der Waals surface area contributed by atoms with Crippen molar-refractivity contribution in [2.24, 2.45) is 0 Å². The van der Waals surface area contributed by atoms with Crippen LogP contribution >= 0.6 is 12.4 Å². The van der Waals surface area contributed by atoms with Crippen molar-refractivity contribution in [1.29, 1.82) is 0 Å². The van der Waals surface area contributed by atoms with Crippen LogP contribution in [0.15, 0.2) is 18.2 Å². The zero-order chi connectivity index (χ0) is 19.4. The lowest BCUT2D eigenvalue weighted by Gasteiger charge is -2.27. The molecular weight excluding hydrogens is 397 g/mol. The summed E-state index contributed by atoms with van der Waals surface area (Å²) in [6, 6.07) is 3.13. The quantitative estimate of drug-likeness (QED) is 0.763. The highest BCUT2D eigenvalue weighted by molar-refractivity contribution is 5.99. The van der Waals surface area contributed by atoms with Crippen LogP contribution in [0.25, 0.3) is 0 Å². The van der Waals surface area contributed by atoms with Crippen LogP contribution < -0.4 is 15.5 Å². The number of piperazine rings is 1. The molecule has 2 aliphatic heterocycles. The molecule has 2 heterocycles. The minimum atomic E-state index is -4.59. The van der Waals surface area contributed by atoms with Crippen LogP contribution in [-0.2, 0) is 11.0 Å². The molecule has 2 fully saturated rings. The average Bonchev–Trinajstić information content (AvgIpc) is 3.07. The van der Waals surface area contributed by atoms with Crippen LogP contribution in [0.4, 0.5) is 18.9 Å². The van der Waals surface area contributed by atoms with Crippen molar-refractivity contribution >= 4 is 29.9 Å². The molecule has 0 radical (unpaired) electrons. The Hall–Kier alpha value is -1.84. The monoisotopic (exact) mass is 420 g/mol. The molecule has 1 aromatic rings. The number of anilines is 1. The minimum Gasteiger partial charge on any atom is -0.351 e. The third-order valence-electron chi connectivity index (χ3n) is 4.82. The smallest absolute Gasteiger partial charge is 0.351 e. The molecule has 0 atom stereocenters. The second-order valence-electron chi connectivity index (χ2n) is 6.76. The van der Waals surface area contributed by atoms with E-state index in [-0.39, 0.29) is 29.6 Å². The number of nitrogens with zero attached hydrogens (tertiary/aromatic N) is 2. The van der Waals surface area contributed by atoms with Gasteiger partial charge in [-0.25, -0.2) is 0 Å². The number of carbonyl (C=O) groups is 2. The van der Waals surface area contributed by atoms with Gasteiger partial charge in [-0.1, -0.05) is 0 Å². The van der Waals surface area contributed by atoms with Gasteiger partial charge in [-0.2, -0.15) is 13.2 Å². The number of halogens is 4. The highest BCUT2D eigenvalue weighted by atomic mass is 35.5. The Balaban J connectivity index is 0.00000280. The van der Waals surface area contributed by atoms with E-state index in [0.29, 0.717) is 32.5 Å². The van der Waals surface area contributed by atoms with Gasteiger partial charge >= 0.3 is 6.18 Å². The molecule has 10 heteroatoms. The Bertz CT molecular complexity index is 709. The van der Waals surface area contributed by atoms with Gasteiger partial charge in [0.15, 0.2) is 0 Å². The van der Waals surface area contributed by atoms with Crippen LogP contribution in [0.1, 0.15) is 28.8 Å². The lowest BCUT2D eigenvalue weighted by atomic mass is 10.1. The van der Waals surface area contributed by atoms with Crippen molar-refractivity contribution in [2.45, 2.75) is 19.0 Å². The fraction of sp³-hybridized carbons (Fsp3) is 0.556. The van der Waals surface area contributed by atoms with Gasteiger partial charge in [-0.3, -0.25) is 14.5 Å². The molecule has 156 valence electrons. The number of benzene rings is 1. The number of amides is 2. The summed E-state index contributed by atoms with van der Waals surface area (Å²) in [7, 11) is 0. The normalized spacial score (nSPS) is 18.1. The minimum absolute atomic E-state index is 0. The maximum absolute atomic E-state index is 13.2. The number of nitrogens with one attached hydrogen (secondary N) is 2. The Kier molecular flexibility index (Phi) is 7.68. The molecular formula is C18H24ClF3N4O2. The maximum atomic E-state index is 13.2. The molecule has 0 unspecified atom stereocenters. The first-order chi connectivity index (χ1) is 12.8. The Morgan fingerprint density at radius 1 is 1.14 bits per heavy atom. The van der Waals surface area contributed by atoms with Crippen LogP contribution in [0, 0.1) is 0 Å². The molecule has 28 heavy (non-hydrogen) atoms. The SMILES string of the molecule is Cl.O=C(NCCN1CCNCC1)c1cc(N2CCCC2=O)cc(C(F)(F)F)c1. The lowest BCUT2D eigenvalue weighted by molar-refractivity contribution is -0.137. The summed E-state index contributed by atoms with van der Waals surface area (Å²) in [4.78, 5) is 27.8. The molecule has 2 saturated heterocycles. The first kappa shape index (κ1) is 22.4. The van der Waals surface area contributed by atoms with Crippen LogP contribution in [-0.4, -0.2) is 62.5 Å². The second-order valence-corrected chi connectivity index (χ2v) is 6.76. The van der Waals surface area contributed by atoms with Crippen molar-refractivity contribution in [2.75, 3.05) is 50.7 Å². The zero-order valence-electron chi connectivity index (χ0n) is 15.3. The first-order valence-electron chi connectivity index (χ1n) is 9.08. The average molecular weight is 421 g/mol. The fourth-order valence-corrected chi connectivity index (χ4v) is 3.35. The molecule has 2 amide bonds. The summed E-state index contributed by atoms with van der Waals surface area (Å²) in [5, 5.41) is 5.91. The second kappa shape index (κ2) is 9.58. The van der Waals surface area contributed by atoms with Crippen molar-refractivity contribution in [3.8, 4) is 0 Å². The van der Waals surface area contributed by atoms with E-state index in [1.165, 1.54) is 11.0 Å². The molecule has 0 saturated carbocycles. The van der Waals surface area contributed by atoms with Crippen LogP contribution in [0.2, 0.25) is 0 Å². The lowest BCUT2D eigenvalue weighted by Crippen LogP contribution is -2.46. The van der Waals surface area contributed by atoms with Gasteiger partial charge in [0.2, 0.25) is 5.91 Å². The van der Waals surface area contributed by atoms with Gasteiger partial charge in [-0.05, 0) is 24.6 Å². The summed E-state index contributed by atoms with van der Waals surface area (Å²) in [5.74, 6) is -0.788. The number of hydrogen-bond donors (Lipinski definition) is 2. The number of rotatable bonds is 5. The molecule has 2 aliphatic rings. The van der Waals surface area contributed by atoms with Crippen molar-refractivity contribution < 1.29 is 22.8 Å². The van der Waals surface area contributed by atoms with Gasteiger partial charge in [0.05, 0.1) is 5.56 Å². The van der Waals surface area contributed by atoms with E-state index in [2.05, 4.69) is 15.5 Å². The predicted molar refractivity (Wildman–Crippen MR) is 102 cm³/mol. The van der Waals surface area contributed by atoms with Crippen molar-refractivity contribution in [3.63, 3.8) is 0 Å². The number of hydrogen-bond acceptors (Lipinski definition) is 4. The van der Waals surface area contributed by atoms with Gasteiger partial charge in [0.1, 0.15) is 0 Å². The Morgan fingerprint density at radius 3 is 2.46 bits per heavy atom. The fourth-order valence-electron chi connectivity index (χ4n) is 3.35. The highest BCUT2D eigenvalue weighted by Gasteiger charge is 2.33. The van der Waals surface area contributed by atoms with Crippen LogP contribution in [0.3, 0.4) is 0 Å². The largest absolute Gasteiger partial charge is 0.416 e. The zero-order valence-corrected chi connectivity index (χ0v) is 16.2. The molecule has 0 bridgehead atoms. The van der Waals surface area contributed by atoms with E-state index in [0.717, 1.165) is 38.3 Å². The highest BCUT2D eigenvalue weighted by Crippen LogP contribution is 2.34. The molecule has 0 aliphatic carbocycles. The molecule has 1 aromatic carbocycles. The summed E-state index contributed by atoms with van der Waals surface area (Å²) in [5.41, 5.74) is -0.883. The van der Waals surface area contributed by atoms with Gasteiger partial charge in [0, 0.05) is 63.5 Å². The van der Waals surface area contributed by atoms with Crippen molar-refractivity contribution in [3.05, 3.63) is 29.3 Å². The van der Waals surface area contributed by atoms with E-state index >= 15 is 0 Å². The van der Waals surface area contributed by atoms with E-state index < -0.39 is 17.6 Å². The van der Waals surface area contributed by atoms with E-state index in [9.17, 15) is 22.8 Å². The summed E-state index contributed by atoms with van der Waals surface area (Å²) < 4.78 is 39.7. The molecule has 0 aromatic heterocycles. The summed E-state index contributed by atoms with van der Waals surface area (Å²) in [6.45, 7) is 4.88. The molecule has 3 rings (SSSR count). The Labute approximate surface area is 167 Å². The van der Waals surface area contributed by atoms with Gasteiger partial charge < -0.3 is 15.5 Å². The standard InChI is InChI=1S/C18H23F3N4O2.ClH/c19-18(20,21)14-10-13(11-15(12-14)25-6-1-2-16(25)26)17(27)23-5-9-24-7-3-22-4-8-24;/h10-12,22H,1-9H2,(H,23,27);1H. The third kappa shape index (κ3) is 5.59. The van der Waals surface area contributed by atoms with Crippen molar-refractivity contribution in [1.82, 2.24) is 15.5 Å². The van der Waals surface area contributed by atoms with E-state index in [1.54, 1.807) is 0 Å².